The molecule has 0 bridgehead atoms. The highest BCUT2D eigenvalue weighted by molar-refractivity contribution is 5.79. The maximum Gasteiger partial charge on any atom is 0.416 e. The van der Waals surface area contributed by atoms with Gasteiger partial charge in [-0.15, -0.1) is 0 Å². The van der Waals surface area contributed by atoms with Crippen LogP contribution in [-0.4, -0.2) is 41.9 Å². The van der Waals surface area contributed by atoms with Gasteiger partial charge < -0.3 is 4.90 Å². The van der Waals surface area contributed by atoms with Crippen molar-refractivity contribution in [3.8, 4) is 0 Å². The fourth-order valence-corrected chi connectivity index (χ4v) is 4.69. The molecule has 154 valence electrons. The van der Waals surface area contributed by atoms with Gasteiger partial charge in [0.15, 0.2) is 0 Å². The zero-order chi connectivity index (χ0) is 20.6. The Labute approximate surface area is 169 Å². The number of halogens is 3. The molecule has 4 rings (SSSR count). The first-order valence-corrected chi connectivity index (χ1v) is 10.1. The Morgan fingerprint density at radius 2 is 1.72 bits per heavy atom. The maximum absolute atomic E-state index is 13.0. The highest BCUT2D eigenvalue weighted by atomic mass is 19.4. The van der Waals surface area contributed by atoms with Crippen LogP contribution >= 0.6 is 0 Å². The van der Waals surface area contributed by atoms with Crippen LogP contribution in [0.25, 0.3) is 0 Å². The number of carbonyl (C=O) groups is 1. The van der Waals surface area contributed by atoms with Crippen LogP contribution in [0.1, 0.15) is 41.1 Å². The zero-order valence-corrected chi connectivity index (χ0v) is 16.5. The second kappa shape index (κ2) is 7.82. The number of rotatable bonds is 4. The van der Waals surface area contributed by atoms with Crippen molar-refractivity contribution in [2.45, 2.75) is 43.9 Å². The standard InChI is InChI=1S/C23H25F3N2O/c1-27(21(29)14-16-8-10-18(11-9-16)23(24,25)26)22-19-7-3-2-6-17(19)15-20(22)28-12-4-5-13-28/h2-3,6-11,20,22H,4-5,12-15H2,1H3. The predicted octanol–water partition coefficient (Wildman–Crippen LogP) is 4.47. The van der Waals surface area contributed by atoms with Crippen molar-refractivity contribution in [3.05, 3.63) is 70.8 Å². The minimum Gasteiger partial charge on any atom is -0.337 e. The summed E-state index contributed by atoms with van der Waals surface area (Å²) in [7, 11) is 1.82. The summed E-state index contributed by atoms with van der Waals surface area (Å²) < 4.78 is 38.3. The van der Waals surface area contributed by atoms with Crippen LogP contribution in [0.3, 0.4) is 0 Å². The summed E-state index contributed by atoms with van der Waals surface area (Å²) in [5.41, 5.74) is 2.37. The van der Waals surface area contributed by atoms with Gasteiger partial charge in [-0.05, 0) is 61.2 Å². The van der Waals surface area contributed by atoms with Gasteiger partial charge >= 0.3 is 6.18 Å². The summed E-state index contributed by atoms with van der Waals surface area (Å²) in [5.74, 6) is -0.0735. The van der Waals surface area contributed by atoms with Gasteiger partial charge in [-0.3, -0.25) is 9.69 Å². The topological polar surface area (TPSA) is 23.6 Å². The summed E-state index contributed by atoms with van der Waals surface area (Å²) in [4.78, 5) is 17.3. The lowest BCUT2D eigenvalue weighted by Crippen LogP contribution is -2.44. The Kier molecular flexibility index (Phi) is 5.38. The molecule has 0 spiro atoms. The van der Waals surface area contributed by atoms with Crippen molar-refractivity contribution >= 4 is 5.91 Å². The number of fused-ring (bicyclic) bond motifs is 1. The largest absolute Gasteiger partial charge is 0.416 e. The van der Waals surface area contributed by atoms with Crippen LogP contribution in [0, 0.1) is 0 Å². The number of benzene rings is 2. The van der Waals surface area contributed by atoms with Gasteiger partial charge in [0.1, 0.15) is 0 Å². The molecular weight excluding hydrogens is 377 g/mol. The Morgan fingerprint density at radius 3 is 2.38 bits per heavy atom. The summed E-state index contributed by atoms with van der Waals surface area (Å²) in [5, 5.41) is 0. The van der Waals surface area contributed by atoms with Crippen molar-refractivity contribution in [2.24, 2.45) is 0 Å². The van der Waals surface area contributed by atoms with Crippen LogP contribution in [0.2, 0.25) is 0 Å². The Morgan fingerprint density at radius 1 is 1.07 bits per heavy atom. The van der Waals surface area contributed by atoms with Crippen molar-refractivity contribution < 1.29 is 18.0 Å². The first kappa shape index (κ1) is 20.0. The van der Waals surface area contributed by atoms with Gasteiger partial charge in [0.2, 0.25) is 5.91 Å². The number of amides is 1. The van der Waals surface area contributed by atoms with Gasteiger partial charge in [-0.2, -0.15) is 13.2 Å². The SMILES string of the molecule is CN(C(=O)Cc1ccc(C(F)(F)F)cc1)C1c2ccccc2CC1N1CCCC1. The van der Waals surface area contributed by atoms with Gasteiger partial charge in [-0.25, -0.2) is 0 Å². The normalized spacial score (nSPS) is 21.9. The fourth-order valence-electron chi connectivity index (χ4n) is 4.69. The second-order valence-corrected chi connectivity index (χ2v) is 8.03. The van der Waals surface area contributed by atoms with Gasteiger partial charge in [0.25, 0.3) is 0 Å². The molecule has 1 saturated heterocycles. The molecule has 6 heteroatoms. The van der Waals surface area contributed by atoms with E-state index in [0.717, 1.165) is 31.6 Å². The molecule has 2 aliphatic rings. The number of hydrogen-bond acceptors (Lipinski definition) is 2. The number of nitrogens with zero attached hydrogens (tertiary/aromatic N) is 2. The second-order valence-electron chi connectivity index (χ2n) is 8.03. The molecule has 2 aromatic carbocycles. The Bertz CT molecular complexity index is 872. The quantitative estimate of drug-likeness (QED) is 0.754. The van der Waals surface area contributed by atoms with Gasteiger partial charge in [-0.1, -0.05) is 36.4 Å². The molecule has 0 radical (unpaired) electrons. The number of alkyl halides is 3. The van der Waals surface area contributed by atoms with E-state index >= 15 is 0 Å². The third kappa shape index (κ3) is 4.04. The van der Waals surface area contributed by atoms with Crippen LogP contribution < -0.4 is 0 Å². The molecule has 3 nitrogen and oxygen atoms in total. The van der Waals surface area contributed by atoms with E-state index in [0.29, 0.717) is 5.56 Å². The molecule has 1 fully saturated rings. The third-order valence-electron chi connectivity index (χ3n) is 6.22. The average Bonchev–Trinajstić information content (AvgIpc) is 3.34. The molecule has 2 aromatic rings. The van der Waals surface area contributed by atoms with E-state index in [9.17, 15) is 18.0 Å². The lowest BCUT2D eigenvalue weighted by Gasteiger charge is -2.35. The van der Waals surface area contributed by atoms with Gasteiger partial charge in [0.05, 0.1) is 18.0 Å². The molecule has 2 unspecified atom stereocenters. The lowest BCUT2D eigenvalue weighted by molar-refractivity contribution is -0.137. The molecule has 1 amide bonds. The molecule has 29 heavy (non-hydrogen) atoms. The maximum atomic E-state index is 13.0. The lowest BCUT2D eigenvalue weighted by atomic mass is 10.0. The van der Waals surface area contributed by atoms with Crippen LogP contribution in [-0.2, 0) is 23.8 Å². The summed E-state index contributed by atoms with van der Waals surface area (Å²) in [6.07, 6.45) is -0.972. The van der Waals surface area contributed by atoms with Crippen molar-refractivity contribution in [3.63, 3.8) is 0 Å². The van der Waals surface area contributed by atoms with Crippen molar-refractivity contribution in [1.29, 1.82) is 0 Å². The van der Waals surface area contributed by atoms with Crippen molar-refractivity contribution in [2.75, 3.05) is 20.1 Å². The molecule has 1 heterocycles. The van der Waals surface area contributed by atoms with E-state index in [-0.39, 0.29) is 24.4 Å². The van der Waals surface area contributed by atoms with Crippen LogP contribution in [0.4, 0.5) is 13.2 Å². The number of likely N-dealkylation sites (tertiary alicyclic amines) is 1. The number of likely N-dealkylation sites (N-methyl/N-ethyl adjacent to an activating group) is 1. The average molecular weight is 402 g/mol. The predicted molar refractivity (Wildman–Crippen MR) is 105 cm³/mol. The first-order valence-electron chi connectivity index (χ1n) is 10.1. The van der Waals surface area contributed by atoms with E-state index in [4.69, 9.17) is 0 Å². The van der Waals surface area contributed by atoms with E-state index in [1.807, 2.05) is 19.2 Å². The smallest absolute Gasteiger partial charge is 0.337 e. The minimum atomic E-state index is -4.37. The van der Waals surface area contributed by atoms with Crippen LogP contribution in [0.15, 0.2) is 48.5 Å². The Balaban J connectivity index is 1.53. The van der Waals surface area contributed by atoms with Gasteiger partial charge in [0, 0.05) is 13.1 Å². The molecule has 0 N–H and O–H groups in total. The van der Waals surface area contributed by atoms with Crippen molar-refractivity contribution in [1.82, 2.24) is 9.80 Å². The molecule has 1 aliphatic heterocycles. The summed E-state index contributed by atoms with van der Waals surface area (Å²) in [6.45, 7) is 2.10. The number of carbonyl (C=O) groups excluding carboxylic acids is 1. The minimum absolute atomic E-state index is 0.0220. The third-order valence-corrected chi connectivity index (χ3v) is 6.22. The highest BCUT2D eigenvalue weighted by Gasteiger charge is 2.40. The number of hydrogen-bond donors (Lipinski definition) is 0. The monoisotopic (exact) mass is 402 g/mol. The van der Waals surface area contributed by atoms with Crippen LogP contribution in [0.5, 0.6) is 0 Å². The Hall–Kier alpha value is -2.34. The summed E-state index contributed by atoms with van der Waals surface area (Å²) in [6, 6.07) is 13.4. The molecular formula is C23H25F3N2O. The van der Waals surface area contributed by atoms with E-state index in [2.05, 4.69) is 17.0 Å². The van der Waals surface area contributed by atoms with E-state index in [1.165, 1.54) is 36.1 Å². The molecule has 1 aliphatic carbocycles. The highest BCUT2D eigenvalue weighted by Crippen LogP contribution is 2.39. The first-order chi connectivity index (χ1) is 13.8. The van der Waals surface area contributed by atoms with E-state index in [1.54, 1.807) is 4.90 Å². The summed E-state index contributed by atoms with van der Waals surface area (Å²) >= 11 is 0. The molecule has 0 saturated carbocycles. The molecule has 2 atom stereocenters. The molecule has 0 aromatic heterocycles. The fraction of sp³-hybridized carbons (Fsp3) is 0.435. The zero-order valence-electron chi connectivity index (χ0n) is 16.5. The van der Waals surface area contributed by atoms with E-state index < -0.39 is 11.7 Å².